The van der Waals surface area contributed by atoms with Gasteiger partial charge in [-0.1, -0.05) is 20.8 Å². The molecule has 0 saturated heterocycles. The van der Waals surface area contributed by atoms with Gasteiger partial charge in [-0.25, -0.2) is 9.59 Å². The summed E-state index contributed by atoms with van der Waals surface area (Å²) >= 11 is 0. The van der Waals surface area contributed by atoms with Gasteiger partial charge in [-0.2, -0.15) is 0 Å². The minimum Gasteiger partial charge on any atom is -0.497 e. The molecular weight excluding hydrogens is 290 g/mol. The van der Waals surface area contributed by atoms with Crippen LogP contribution in [0.4, 0.5) is 0 Å². The topological polar surface area (TPSA) is 113 Å². The molecule has 1 aromatic rings. The Morgan fingerprint density at radius 3 is 2.05 bits per heavy atom. The minimum atomic E-state index is -1.21. The van der Waals surface area contributed by atoms with Crippen LogP contribution < -0.4 is 10.1 Å². The van der Waals surface area contributed by atoms with E-state index in [0.717, 1.165) is 0 Å². The van der Waals surface area contributed by atoms with Gasteiger partial charge in [0.2, 0.25) is 0 Å². The fourth-order valence-corrected chi connectivity index (χ4v) is 1.83. The van der Waals surface area contributed by atoms with E-state index >= 15 is 0 Å². The van der Waals surface area contributed by atoms with Crippen molar-refractivity contribution in [3.05, 3.63) is 29.3 Å². The second-order valence-corrected chi connectivity index (χ2v) is 5.87. The summed E-state index contributed by atoms with van der Waals surface area (Å²) in [5.41, 5.74) is -0.796. The number of nitrogens with one attached hydrogen (secondary N) is 1. The van der Waals surface area contributed by atoms with Crippen molar-refractivity contribution in [1.82, 2.24) is 5.32 Å². The van der Waals surface area contributed by atoms with E-state index in [4.69, 9.17) is 9.84 Å². The molecule has 0 saturated carbocycles. The average molecular weight is 309 g/mol. The number of carbonyl (C=O) groups is 3. The molecule has 1 rings (SSSR count). The van der Waals surface area contributed by atoms with E-state index in [1.165, 1.54) is 25.3 Å². The number of benzene rings is 1. The molecule has 0 aliphatic carbocycles. The third kappa shape index (κ3) is 4.21. The summed E-state index contributed by atoms with van der Waals surface area (Å²) in [6.45, 7) is 5.04. The van der Waals surface area contributed by atoms with Crippen molar-refractivity contribution in [2.45, 2.75) is 26.8 Å². The van der Waals surface area contributed by atoms with Gasteiger partial charge in [-0.05, 0) is 23.6 Å². The quantitative estimate of drug-likeness (QED) is 0.762. The van der Waals surface area contributed by atoms with Crippen molar-refractivity contribution in [3.8, 4) is 5.75 Å². The van der Waals surface area contributed by atoms with Crippen LogP contribution in [0.1, 0.15) is 41.5 Å². The number of carboxylic acid groups (broad SMARTS) is 2. The van der Waals surface area contributed by atoms with E-state index in [9.17, 15) is 19.5 Å². The molecule has 1 amide bonds. The molecule has 1 atom stereocenters. The summed E-state index contributed by atoms with van der Waals surface area (Å²) in [5, 5.41) is 20.6. The standard InChI is InChI=1S/C15H19NO6/c1-15(2,3)11(14(20)21)16-12(17)8-5-9(13(18)19)7-10(6-8)22-4/h5-7,11H,1-4H3,(H,16,17)(H,18,19)(H,20,21). The summed E-state index contributed by atoms with van der Waals surface area (Å²) in [4.78, 5) is 34.6. The van der Waals surface area contributed by atoms with E-state index in [1.807, 2.05) is 0 Å². The Balaban J connectivity index is 3.14. The van der Waals surface area contributed by atoms with Crippen LogP contribution in [-0.2, 0) is 4.79 Å². The lowest BCUT2D eigenvalue weighted by molar-refractivity contribution is -0.142. The summed E-state index contributed by atoms with van der Waals surface area (Å²) in [6.07, 6.45) is 0. The molecule has 0 aliphatic heterocycles. The Kier molecular flexibility index (Phi) is 5.14. The van der Waals surface area contributed by atoms with Crippen LogP contribution in [0.2, 0.25) is 0 Å². The van der Waals surface area contributed by atoms with Crippen LogP contribution in [0, 0.1) is 5.41 Å². The molecule has 0 fully saturated rings. The maximum absolute atomic E-state index is 12.2. The molecular formula is C15H19NO6. The van der Waals surface area contributed by atoms with E-state index in [-0.39, 0.29) is 16.9 Å². The number of methoxy groups -OCH3 is 1. The van der Waals surface area contributed by atoms with Crippen molar-refractivity contribution >= 4 is 17.8 Å². The summed E-state index contributed by atoms with van der Waals surface area (Å²) in [7, 11) is 1.35. The maximum Gasteiger partial charge on any atom is 0.335 e. The Labute approximate surface area is 127 Å². The summed E-state index contributed by atoms with van der Waals surface area (Å²) in [6, 6.07) is 2.68. The zero-order chi connectivity index (χ0) is 17.1. The third-order valence-electron chi connectivity index (χ3n) is 3.04. The third-order valence-corrected chi connectivity index (χ3v) is 3.04. The van der Waals surface area contributed by atoms with Crippen LogP contribution in [0.3, 0.4) is 0 Å². The second-order valence-electron chi connectivity index (χ2n) is 5.87. The van der Waals surface area contributed by atoms with E-state index in [1.54, 1.807) is 20.8 Å². The lowest BCUT2D eigenvalue weighted by Crippen LogP contribution is -2.49. The molecule has 0 bridgehead atoms. The van der Waals surface area contributed by atoms with E-state index < -0.39 is 29.3 Å². The van der Waals surface area contributed by atoms with Crippen LogP contribution in [0.25, 0.3) is 0 Å². The first-order valence-electron chi connectivity index (χ1n) is 6.52. The predicted octanol–water partition coefficient (Wildman–Crippen LogP) is 1.62. The molecule has 7 nitrogen and oxygen atoms in total. The van der Waals surface area contributed by atoms with Crippen molar-refractivity contribution in [1.29, 1.82) is 0 Å². The number of ether oxygens (including phenoxy) is 1. The molecule has 0 heterocycles. The number of hydrogen-bond acceptors (Lipinski definition) is 4. The van der Waals surface area contributed by atoms with Crippen molar-refractivity contribution in [2.24, 2.45) is 5.41 Å². The van der Waals surface area contributed by atoms with Gasteiger partial charge in [0.1, 0.15) is 11.8 Å². The SMILES string of the molecule is COc1cc(C(=O)O)cc(C(=O)NC(C(=O)O)C(C)(C)C)c1. The molecule has 3 N–H and O–H groups in total. The highest BCUT2D eigenvalue weighted by atomic mass is 16.5. The molecule has 1 unspecified atom stereocenters. The smallest absolute Gasteiger partial charge is 0.335 e. The molecule has 120 valence electrons. The first-order valence-corrected chi connectivity index (χ1v) is 6.52. The lowest BCUT2D eigenvalue weighted by Gasteiger charge is -2.27. The summed E-state index contributed by atoms with van der Waals surface area (Å²) in [5.74, 6) is -2.85. The zero-order valence-electron chi connectivity index (χ0n) is 12.8. The van der Waals surface area contributed by atoms with Crippen molar-refractivity contribution in [3.63, 3.8) is 0 Å². The van der Waals surface area contributed by atoms with Gasteiger partial charge in [-0.15, -0.1) is 0 Å². The number of carboxylic acids is 2. The van der Waals surface area contributed by atoms with Gasteiger partial charge in [0.05, 0.1) is 12.7 Å². The molecule has 7 heteroatoms. The van der Waals surface area contributed by atoms with E-state index in [2.05, 4.69) is 5.32 Å². The fraction of sp³-hybridized carbons (Fsp3) is 0.400. The molecule has 22 heavy (non-hydrogen) atoms. The number of rotatable bonds is 5. The Bertz CT molecular complexity index is 603. The van der Waals surface area contributed by atoms with Crippen molar-refractivity contribution < 1.29 is 29.3 Å². The molecule has 0 radical (unpaired) electrons. The molecule has 1 aromatic carbocycles. The highest BCUT2D eigenvalue weighted by Crippen LogP contribution is 2.21. The number of aliphatic carboxylic acids is 1. The maximum atomic E-state index is 12.2. The second kappa shape index (κ2) is 6.46. The fourth-order valence-electron chi connectivity index (χ4n) is 1.83. The first kappa shape index (κ1) is 17.5. The molecule has 0 aliphatic rings. The van der Waals surface area contributed by atoms with Crippen molar-refractivity contribution in [2.75, 3.05) is 7.11 Å². The highest BCUT2D eigenvalue weighted by molar-refractivity contribution is 5.99. The minimum absolute atomic E-state index is 0.0206. The van der Waals surface area contributed by atoms with Gasteiger partial charge < -0.3 is 20.3 Å². The molecule has 0 aromatic heterocycles. The van der Waals surface area contributed by atoms with Gasteiger partial charge >= 0.3 is 11.9 Å². The average Bonchev–Trinajstić information content (AvgIpc) is 2.42. The van der Waals surface area contributed by atoms with Gasteiger partial charge in [0, 0.05) is 5.56 Å². The first-order chi connectivity index (χ1) is 10.1. The highest BCUT2D eigenvalue weighted by Gasteiger charge is 2.33. The van der Waals surface area contributed by atoms with Gasteiger partial charge in [0.15, 0.2) is 0 Å². The zero-order valence-corrected chi connectivity index (χ0v) is 12.8. The van der Waals surface area contributed by atoms with Gasteiger partial charge in [-0.3, -0.25) is 4.79 Å². The largest absolute Gasteiger partial charge is 0.497 e. The van der Waals surface area contributed by atoms with Gasteiger partial charge in [0.25, 0.3) is 5.91 Å². The number of aromatic carboxylic acids is 1. The van der Waals surface area contributed by atoms with Crippen LogP contribution in [-0.4, -0.2) is 41.2 Å². The summed E-state index contributed by atoms with van der Waals surface area (Å²) < 4.78 is 4.96. The van der Waals surface area contributed by atoms with Crippen LogP contribution in [0.15, 0.2) is 18.2 Å². The van der Waals surface area contributed by atoms with E-state index in [0.29, 0.717) is 0 Å². The number of amides is 1. The Morgan fingerprint density at radius 2 is 1.64 bits per heavy atom. The molecule has 0 spiro atoms. The predicted molar refractivity (Wildman–Crippen MR) is 78.3 cm³/mol. The number of hydrogen-bond donors (Lipinski definition) is 3. The lowest BCUT2D eigenvalue weighted by atomic mass is 9.86. The number of carbonyl (C=O) groups excluding carboxylic acids is 1. The Morgan fingerprint density at radius 1 is 1.09 bits per heavy atom. The van der Waals surface area contributed by atoms with Crippen LogP contribution >= 0.6 is 0 Å². The monoisotopic (exact) mass is 309 g/mol. The normalized spacial score (nSPS) is 12.4. The Hall–Kier alpha value is -2.57. The van der Waals surface area contributed by atoms with Crippen LogP contribution in [0.5, 0.6) is 5.75 Å².